The van der Waals surface area contributed by atoms with Crippen LogP contribution in [-0.2, 0) is 23.4 Å². The maximum Gasteiger partial charge on any atom is 0.298 e. The zero-order chi connectivity index (χ0) is 15.4. The van der Waals surface area contributed by atoms with Crippen LogP contribution in [0.25, 0.3) is 0 Å². The molecule has 0 fully saturated rings. The second kappa shape index (κ2) is 7.05. The van der Waals surface area contributed by atoms with Crippen molar-refractivity contribution in [3.63, 3.8) is 0 Å². The summed E-state index contributed by atoms with van der Waals surface area (Å²) in [5, 5.41) is 0.0589. The van der Waals surface area contributed by atoms with E-state index in [2.05, 4.69) is 0 Å². The van der Waals surface area contributed by atoms with E-state index in [9.17, 15) is 13.0 Å². The monoisotopic (exact) mass is 340 g/mol. The van der Waals surface area contributed by atoms with E-state index in [1.165, 1.54) is 18.2 Å². The van der Waals surface area contributed by atoms with Crippen molar-refractivity contribution in [2.24, 2.45) is 0 Å². The number of benzene rings is 1. The first-order chi connectivity index (χ1) is 9.20. The second-order valence-corrected chi connectivity index (χ2v) is 9.14. The lowest BCUT2D eigenvalue weighted by molar-refractivity contribution is 0.228. The summed E-state index contributed by atoms with van der Waals surface area (Å²) in [6.45, 7) is 5.12. The van der Waals surface area contributed by atoms with Crippen molar-refractivity contribution in [1.82, 2.24) is 0 Å². The molecular weight excluding hydrogens is 323 g/mol. The molecule has 5 nitrogen and oxygen atoms in total. The Morgan fingerprint density at radius 1 is 1.30 bits per heavy atom. The summed E-state index contributed by atoms with van der Waals surface area (Å²) < 4.78 is 46.5. The topological polar surface area (TPSA) is 69.7 Å². The highest BCUT2D eigenvalue weighted by Gasteiger charge is 2.28. The first-order valence-corrected chi connectivity index (χ1v) is 9.89. The Kier molecular flexibility index (Phi) is 6.23. The molecule has 0 saturated carbocycles. The minimum atomic E-state index is -4.05. The number of rotatable bonds is 7. The summed E-state index contributed by atoms with van der Waals surface area (Å²) in [6, 6.07) is 5.92. The lowest BCUT2D eigenvalue weighted by Crippen LogP contribution is -2.12. The van der Waals surface area contributed by atoms with Gasteiger partial charge in [0.05, 0.1) is 11.1 Å². The van der Waals surface area contributed by atoms with Gasteiger partial charge in [0, 0.05) is 6.16 Å². The van der Waals surface area contributed by atoms with Gasteiger partial charge in [-0.05, 0) is 26.0 Å². The fourth-order valence-corrected chi connectivity index (χ4v) is 4.90. The third kappa shape index (κ3) is 4.86. The number of hydrogen-bond acceptors (Lipinski definition) is 5. The minimum absolute atomic E-state index is 0.0589. The molecule has 20 heavy (non-hydrogen) atoms. The maximum absolute atomic E-state index is 12.3. The van der Waals surface area contributed by atoms with Gasteiger partial charge in [-0.3, -0.25) is 8.75 Å². The number of halogens is 1. The summed E-state index contributed by atoms with van der Waals surface area (Å²) in [7, 11) is -7.19. The Bertz CT molecular complexity index is 600. The van der Waals surface area contributed by atoms with Gasteiger partial charge in [0.1, 0.15) is 11.2 Å². The molecule has 1 aromatic carbocycles. The van der Waals surface area contributed by atoms with Crippen LogP contribution in [0.3, 0.4) is 0 Å². The standard InChI is InChI=1S/C12H18ClO5PS/c1-4-19(14,18-10(2)3)9-17-20(15,16)12-8-6-5-7-11(12)13/h5-8,10H,4,9H2,1-3H3. The van der Waals surface area contributed by atoms with Crippen LogP contribution >= 0.6 is 19.0 Å². The average molecular weight is 341 g/mol. The zero-order valence-corrected chi connectivity index (χ0v) is 14.0. The molecular formula is C12H18ClO5PS. The molecule has 1 atom stereocenters. The summed E-state index contributed by atoms with van der Waals surface area (Å²) >= 11 is 5.82. The fourth-order valence-electron chi connectivity index (χ4n) is 1.44. The lowest BCUT2D eigenvalue weighted by atomic mass is 10.4. The second-order valence-electron chi connectivity index (χ2n) is 4.42. The van der Waals surface area contributed by atoms with Crippen molar-refractivity contribution in [1.29, 1.82) is 0 Å². The smallest absolute Gasteiger partial charge is 0.298 e. The summed E-state index contributed by atoms with van der Waals surface area (Å²) in [4.78, 5) is -0.145. The molecule has 0 aliphatic rings. The van der Waals surface area contributed by atoms with E-state index in [1.807, 2.05) is 0 Å². The highest BCUT2D eigenvalue weighted by molar-refractivity contribution is 7.87. The molecule has 1 rings (SSSR count). The molecule has 0 spiro atoms. The van der Waals surface area contributed by atoms with E-state index < -0.39 is 23.8 Å². The molecule has 0 bridgehead atoms. The van der Waals surface area contributed by atoms with Crippen molar-refractivity contribution in [3.8, 4) is 0 Å². The number of hydrogen-bond donors (Lipinski definition) is 0. The summed E-state index contributed by atoms with van der Waals surface area (Å²) in [6.07, 6.45) is -0.564. The minimum Gasteiger partial charge on any atom is -0.324 e. The van der Waals surface area contributed by atoms with Crippen LogP contribution < -0.4 is 0 Å². The summed E-state index contributed by atoms with van der Waals surface area (Å²) in [5.74, 6) is 0. The van der Waals surface area contributed by atoms with Gasteiger partial charge in [-0.2, -0.15) is 8.42 Å². The Balaban J connectivity index is 2.88. The van der Waals surface area contributed by atoms with Crippen LogP contribution in [-0.4, -0.2) is 27.0 Å². The Morgan fingerprint density at radius 3 is 2.40 bits per heavy atom. The van der Waals surface area contributed by atoms with Crippen LogP contribution in [0.5, 0.6) is 0 Å². The summed E-state index contributed by atoms with van der Waals surface area (Å²) in [5.41, 5.74) is 0. The quantitative estimate of drug-likeness (QED) is 0.559. The molecule has 1 unspecified atom stereocenters. The lowest BCUT2D eigenvalue weighted by Gasteiger charge is -2.19. The molecule has 0 aliphatic carbocycles. The van der Waals surface area contributed by atoms with Gasteiger partial charge >= 0.3 is 0 Å². The van der Waals surface area contributed by atoms with Crippen molar-refractivity contribution < 1.29 is 21.7 Å². The van der Waals surface area contributed by atoms with Crippen molar-refractivity contribution in [3.05, 3.63) is 29.3 Å². The molecule has 0 N–H and O–H groups in total. The fraction of sp³-hybridized carbons (Fsp3) is 0.500. The van der Waals surface area contributed by atoms with Crippen LogP contribution in [0.2, 0.25) is 5.02 Å². The van der Waals surface area contributed by atoms with Gasteiger partial charge in [-0.15, -0.1) is 0 Å². The highest BCUT2D eigenvalue weighted by atomic mass is 35.5. The van der Waals surface area contributed by atoms with Gasteiger partial charge in [-0.25, -0.2) is 0 Å². The first kappa shape index (κ1) is 17.7. The van der Waals surface area contributed by atoms with Gasteiger partial charge < -0.3 is 4.52 Å². The van der Waals surface area contributed by atoms with E-state index in [0.29, 0.717) is 0 Å². The average Bonchev–Trinajstić information content (AvgIpc) is 2.36. The third-order valence-electron chi connectivity index (χ3n) is 2.40. The molecule has 0 amide bonds. The van der Waals surface area contributed by atoms with Crippen LogP contribution in [0.15, 0.2) is 29.2 Å². The molecule has 0 heterocycles. The predicted molar refractivity (Wildman–Crippen MR) is 79.0 cm³/mol. The largest absolute Gasteiger partial charge is 0.324 e. The molecule has 1 aromatic rings. The van der Waals surface area contributed by atoms with Gasteiger partial charge in [-0.1, -0.05) is 30.7 Å². The van der Waals surface area contributed by atoms with E-state index in [0.717, 1.165) is 0 Å². The van der Waals surface area contributed by atoms with Gasteiger partial charge in [0.15, 0.2) is 0 Å². The van der Waals surface area contributed by atoms with Crippen LogP contribution in [0, 0.1) is 0 Å². The Labute approximate surface area is 124 Å². The van der Waals surface area contributed by atoms with E-state index in [-0.39, 0.29) is 22.2 Å². The van der Waals surface area contributed by atoms with E-state index in [4.69, 9.17) is 20.3 Å². The zero-order valence-electron chi connectivity index (χ0n) is 11.6. The van der Waals surface area contributed by atoms with E-state index in [1.54, 1.807) is 26.8 Å². The Hall–Kier alpha value is -0.390. The third-order valence-corrected chi connectivity index (χ3v) is 6.63. The molecule has 114 valence electrons. The van der Waals surface area contributed by atoms with Gasteiger partial charge in [0.2, 0.25) is 7.37 Å². The molecule has 0 radical (unpaired) electrons. The SMILES string of the molecule is CCP(=O)(COS(=O)(=O)c1ccccc1Cl)OC(C)C. The molecule has 8 heteroatoms. The molecule has 0 aromatic heterocycles. The van der Waals surface area contributed by atoms with E-state index >= 15 is 0 Å². The van der Waals surface area contributed by atoms with Crippen molar-refractivity contribution >= 4 is 29.1 Å². The predicted octanol–water partition coefficient (Wildman–Crippen LogP) is 3.73. The molecule has 0 saturated heterocycles. The molecule has 0 aliphatic heterocycles. The van der Waals surface area contributed by atoms with Crippen molar-refractivity contribution in [2.75, 3.05) is 12.5 Å². The maximum atomic E-state index is 12.3. The van der Waals surface area contributed by atoms with Crippen LogP contribution in [0.1, 0.15) is 20.8 Å². The van der Waals surface area contributed by atoms with Crippen LogP contribution in [0.4, 0.5) is 0 Å². The van der Waals surface area contributed by atoms with Gasteiger partial charge in [0.25, 0.3) is 10.1 Å². The van der Waals surface area contributed by atoms with Crippen molar-refractivity contribution in [2.45, 2.75) is 31.8 Å². The Morgan fingerprint density at radius 2 is 1.90 bits per heavy atom. The first-order valence-electron chi connectivity index (χ1n) is 6.10. The normalized spacial score (nSPS) is 15.2. The highest BCUT2D eigenvalue weighted by Crippen LogP contribution is 2.48.